The fraction of sp³-hybridized carbons (Fsp3) is 0.357. The van der Waals surface area contributed by atoms with Crippen molar-refractivity contribution in [3.63, 3.8) is 0 Å². The van der Waals surface area contributed by atoms with Gasteiger partial charge in [0, 0.05) is 12.0 Å². The highest BCUT2D eigenvalue weighted by Crippen LogP contribution is 2.29. The van der Waals surface area contributed by atoms with Crippen molar-refractivity contribution in [3.05, 3.63) is 30.0 Å². The number of nitrogens with two attached hydrogens (primary N) is 1. The van der Waals surface area contributed by atoms with Crippen molar-refractivity contribution in [1.29, 1.82) is 0 Å². The summed E-state index contributed by atoms with van der Waals surface area (Å²) in [5.74, 6) is -0.420. The number of aromatic nitrogens is 1. The maximum Gasteiger partial charge on any atom is 0.357 e. The Bertz CT molecular complexity index is 590. The third-order valence-corrected chi connectivity index (χ3v) is 2.90. The molecule has 0 unspecified atom stereocenters. The summed E-state index contributed by atoms with van der Waals surface area (Å²) in [7, 11) is 0. The minimum absolute atomic E-state index is 0.280. The van der Waals surface area contributed by atoms with Gasteiger partial charge in [-0.2, -0.15) is 0 Å². The Kier molecular flexibility index (Phi) is 4.06. The van der Waals surface area contributed by atoms with Gasteiger partial charge >= 0.3 is 5.97 Å². The van der Waals surface area contributed by atoms with Crippen LogP contribution in [0.25, 0.3) is 10.9 Å². The van der Waals surface area contributed by atoms with Crippen LogP contribution in [0.2, 0.25) is 0 Å². The van der Waals surface area contributed by atoms with Crippen molar-refractivity contribution >= 4 is 22.6 Å². The summed E-state index contributed by atoms with van der Waals surface area (Å²) in [5.41, 5.74) is 7.73. The third kappa shape index (κ3) is 2.42. The van der Waals surface area contributed by atoms with Crippen LogP contribution >= 0.6 is 0 Å². The second kappa shape index (κ2) is 5.75. The van der Waals surface area contributed by atoms with E-state index in [-0.39, 0.29) is 6.73 Å². The SMILES string of the molecule is CCOCn1c(C(=O)OCC)c(N)c2ccccc21. The lowest BCUT2D eigenvalue weighted by Gasteiger charge is -2.10. The first-order chi connectivity index (χ1) is 9.20. The van der Waals surface area contributed by atoms with E-state index in [9.17, 15) is 4.79 Å². The van der Waals surface area contributed by atoms with Crippen LogP contribution in [0.15, 0.2) is 24.3 Å². The molecule has 19 heavy (non-hydrogen) atoms. The number of hydrogen-bond donors (Lipinski definition) is 1. The van der Waals surface area contributed by atoms with E-state index in [1.165, 1.54) is 0 Å². The van der Waals surface area contributed by atoms with Gasteiger partial charge in [-0.25, -0.2) is 4.79 Å². The minimum Gasteiger partial charge on any atom is -0.461 e. The fourth-order valence-corrected chi connectivity index (χ4v) is 2.07. The molecular weight excluding hydrogens is 244 g/mol. The van der Waals surface area contributed by atoms with Crippen LogP contribution in [0.3, 0.4) is 0 Å². The molecule has 0 saturated heterocycles. The number of ether oxygens (including phenoxy) is 2. The average Bonchev–Trinajstić information content (AvgIpc) is 2.70. The average molecular weight is 262 g/mol. The summed E-state index contributed by atoms with van der Waals surface area (Å²) in [4.78, 5) is 12.0. The Labute approximate surface area is 111 Å². The number of rotatable bonds is 5. The number of nitrogens with zero attached hydrogens (tertiary/aromatic N) is 1. The molecule has 0 aliphatic carbocycles. The van der Waals surface area contributed by atoms with Gasteiger partial charge in [-0.15, -0.1) is 0 Å². The van der Waals surface area contributed by atoms with Gasteiger partial charge in [-0.3, -0.25) is 0 Å². The maximum absolute atomic E-state index is 12.0. The van der Waals surface area contributed by atoms with E-state index in [2.05, 4.69) is 0 Å². The smallest absolute Gasteiger partial charge is 0.357 e. The molecular formula is C14H18N2O3. The highest BCUT2D eigenvalue weighted by atomic mass is 16.5. The van der Waals surface area contributed by atoms with Gasteiger partial charge in [-0.1, -0.05) is 18.2 Å². The molecule has 0 fully saturated rings. The first-order valence-electron chi connectivity index (χ1n) is 6.32. The highest BCUT2D eigenvalue weighted by molar-refractivity contribution is 6.06. The lowest BCUT2D eigenvalue weighted by molar-refractivity contribution is 0.0480. The number of hydrogen-bond acceptors (Lipinski definition) is 4. The normalized spacial score (nSPS) is 10.8. The quantitative estimate of drug-likeness (QED) is 0.840. The Morgan fingerprint density at radius 2 is 2.00 bits per heavy atom. The molecule has 1 aromatic heterocycles. The van der Waals surface area contributed by atoms with Gasteiger partial charge in [-0.05, 0) is 19.9 Å². The largest absolute Gasteiger partial charge is 0.461 e. The van der Waals surface area contributed by atoms with Crippen LogP contribution in [0.1, 0.15) is 24.3 Å². The molecule has 2 N–H and O–H groups in total. The van der Waals surface area contributed by atoms with E-state index in [1.807, 2.05) is 31.2 Å². The summed E-state index contributed by atoms with van der Waals surface area (Å²) >= 11 is 0. The molecule has 1 heterocycles. The van der Waals surface area contributed by atoms with E-state index >= 15 is 0 Å². The van der Waals surface area contributed by atoms with E-state index in [1.54, 1.807) is 11.5 Å². The Balaban J connectivity index is 2.58. The standard InChI is InChI=1S/C14H18N2O3/c1-3-18-9-16-11-8-6-5-7-10(11)12(15)13(16)14(17)19-4-2/h5-8H,3-4,9,15H2,1-2H3. The molecule has 2 rings (SSSR count). The maximum atomic E-state index is 12.0. The first kappa shape index (κ1) is 13.4. The fourth-order valence-electron chi connectivity index (χ4n) is 2.07. The third-order valence-electron chi connectivity index (χ3n) is 2.90. The molecule has 2 aromatic rings. The zero-order chi connectivity index (χ0) is 13.8. The lowest BCUT2D eigenvalue weighted by Crippen LogP contribution is -2.15. The Morgan fingerprint density at radius 1 is 1.26 bits per heavy atom. The van der Waals surface area contributed by atoms with Crippen LogP contribution < -0.4 is 5.73 Å². The number of nitrogen functional groups attached to an aromatic ring is 1. The van der Waals surface area contributed by atoms with E-state index < -0.39 is 5.97 Å². The molecule has 0 radical (unpaired) electrons. The summed E-state index contributed by atoms with van der Waals surface area (Å²) in [6.45, 7) is 4.83. The van der Waals surface area contributed by atoms with Gasteiger partial charge in [0.25, 0.3) is 0 Å². The van der Waals surface area contributed by atoms with Crippen molar-refractivity contribution < 1.29 is 14.3 Å². The number of fused-ring (bicyclic) bond motifs is 1. The zero-order valence-corrected chi connectivity index (χ0v) is 11.2. The van der Waals surface area contributed by atoms with Crippen molar-refractivity contribution in [2.45, 2.75) is 20.6 Å². The molecule has 1 aromatic carbocycles. The van der Waals surface area contributed by atoms with E-state index in [0.717, 1.165) is 10.9 Å². The number of para-hydroxylation sites is 1. The number of benzene rings is 1. The van der Waals surface area contributed by atoms with Gasteiger partial charge in [0.05, 0.1) is 17.8 Å². The van der Waals surface area contributed by atoms with Crippen LogP contribution in [0, 0.1) is 0 Å². The van der Waals surface area contributed by atoms with Crippen LogP contribution in [0.5, 0.6) is 0 Å². The van der Waals surface area contributed by atoms with E-state index in [4.69, 9.17) is 15.2 Å². The number of anilines is 1. The summed E-state index contributed by atoms with van der Waals surface area (Å²) in [6.07, 6.45) is 0. The minimum atomic E-state index is -0.420. The van der Waals surface area contributed by atoms with Crippen molar-refractivity contribution in [2.24, 2.45) is 0 Å². The number of carbonyl (C=O) groups is 1. The van der Waals surface area contributed by atoms with Gasteiger partial charge in [0.2, 0.25) is 0 Å². The van der Waals surface area contributed by atoms with Crippen molar-refractivity contribution in [3.8, 4) is 0 Å². The molecule has 0 spiro atoms. The second-order valence-electron chi connectivity index (χ2n) is 4.05. The number of carbonyl (C=O) groups excluding carboxylic acids is 1. The lowest BCUT2D eigenvalue weighted by atomic mass is 10.2. The van der Waals surface area contributed by atoms with Crippen LogP contribution in [0.4, 0.5) is 5.69 Å². The van der Waals surface area contributed by atoms with Crippen molar-refractivity contribution in [2.75, 3.05) is 18.9 Å². The topological polar surface area (TPSA) is 66.5 Å². The van der Waals surface area contributed by atoms with Gasteiger partial charge < -0.3 is 19.8 Å². The second-order valence-corrected chi connectivity index (χ2v) is 4.05. The number of esters is 1. The molecule has 0 aliphatic rings. The summed E-state index contributed by atoms with van der Waals surface area (Å²) in [5, 5.41) is 0.838. The Hall–Kier alpha value is -2.01. The predicted octanol–water partition coefficient (Wildman–Crippen LogP) is 2.39. The van der Waals surface area contributed by atoms with E-state index in [0.29, 0.717) is 24.6 Å². The van der Waals surface area contributed by atoms with Gasteiger partial charge in [0.15, 0.2) is 5.69 Å². The zero-order valence-electron chi connectivity index (χ0n) is 11.2. The summed E-state index contributed by atoms with van der Waals surface area (Å²) < 4.78 is 12.2. The van der Waals surface area contributed by atoms with Crippen LogP contribution in [-0.2, 0) is 16.2 Å². The van der Waals surface area contributed by atoms with Crippen LogP contribution in [-0.4, -0.2) is 23.8 Å². The summed E-state index contributed by atoms with van der Waals surface area (Å²) in [6, 6.07) is 7.58. The highest BCUT2D eigenvalue weighted by Gasteiger charge is 2.21. The van der Waals surface area contributed by atoms with Gasteiger partial charge in [0.1, 0.15) is 6.73 Å². The van der Waals surface area contributed by atoms with Crippen molar-refractivity contribution in [1.82, 2.24) is 4.57 Å². The molecule has 0 bridgehead atoms. The molecule has 0 aliphatic heterocycles. The molecule has 102 valence electrons. The molecule has 0 amide bonds. The molecule has 0 saturated carbocycles. The molecule has 5 nitrogen and oxygen atoms in total. The predicted molar refractivity (Wildman–Crippen MR) is 73.9 cm³/mol. The monoisotopic (exact) mass is 262 g/mol. The Morgan fingerprint density at radius 3 is 2.68 bits per heavy atom. The molecule has 5 heteroatoms. The molecule has 0 atom stereocenters. The first-order valence-corrected chi connectivity index (χ1v) is 6.32.